The Morgan fingerprint density at radius 3 is 2.30 bits per heavy atom. The minimum absolute atomic E-state index is 0.0789. The van der Waals surface area contributed by atoms with Crippen LogP contribution in [0.3, 0.4) is 0 Å². The molecular formula is C27H31ClNO4. The Balaban J connectivity index is 1.96. The molecule has 5 nitrogen and oxygen atoms in total. The highest BCUT2D eigenvalue weighted by molar-refractivity contribution is 6.30. The molecule has 0 amide bonds. The fourth-order valence-corrected chi connectivity index (χ4v) is 4.17. The Bertz CT molecular complexity index is 1040. The van der Waals surface area contributed by atoms with Crippen molar-refractivity contribution in [3.8, 4) is 17.2 Å². The molecule has 3 aromatic rings. The van der Waals surface area contributed by atoms with Crippen LogP contribution in [0.2, 0.25) is 5.02 Å². The van der Waals surface area contributed by atoms with Crippen LogP contribution in [0.25, 0.3) is 0 Å². The molecule has 175 valence electrons. The number of ether oxygens (including phenoxy) is 3. The number of aliphatic hydroxyl groups excluding tert-OH is 1. The first-order valence-corrected chi connectivity index (χ1v) is 11.2. The maximum atomic E-state index is 11.1. The molecule has 0 aromatic heterocycles. The van der Waals surface area contributed by atoms with E-state index in [2.05, 4.69) is 17.4 Å². The minimum Gasteiger partial charge on any atom is -0.497 e. The van der Waals surface area contributed by atoms with E-state index in [0.717, 1.165) is 22.4 Å². The number of rotatable bonds is 11. The van der Waals surface area contributed by atoms with Crippen LogP contribution in [-0.2, 0) is 6.54 Å². The van der Waals surface area contributed by atoms with Gasteiger partial charge >= 0.3 is 0 Å². The van der Waals surface area contributed by atoms with Gasteiger partial charge in [-0.15, -0.1) is 0 Å². The van der Waals surface area contributed by atoms with Crippen LogP contribution in [0.15, 0.2) is 66.7 Å². The molecule has 0 heterocycles. The molecule has 0 aliphatic heterocycles. The van der Waals surface area contributed by atoms with Gasteiger partial charge in [-0.05, 0) is 59.5 Å². The number of hydrogen-bond acceptors (Lipinski definition) is 5. The van der Waals surface area contributed by atoms with Gasteiger partial charge in [0.2, 0.25) is 0 Å². The molecule has 3 rings (SSSR count). The average Bonchev–Trinajstić information content (AvgIpc) is 2.84. The van der Waals surface area contributed by atoms with Crippen molar-refractivity contribution in [3.05, 3.63) is 94.9 Å². The van der Waals surface area contributed by atoms with Crippen LogP contribution in [-0.4, -0.2) is 37.9 Å². The monoisotopic (exact) mass is 468 g/mol. The van der Waals surface area contributed by atoms with Crippen molar-refractivity contribution < 1.29 is 19.3 Å². The SMILES string of the molecule is C[CH][C@H](c1ccc(OC)c(OC)c1)N(Cc1cccc(OC)c1)CC(O)c1cccc(Cl)c1. The lowest BCUT2D eigenvalue weighted by Crippen LogP contribution is -2.32. The van der Waals surface area contributed by atoms with Crippen LogP contribution in [0.4, 0.5) is 0 Å². The number of benzene rings is 3. The van der Waals surface area contributed by atoms with Crippen molar-refractivity contribution in [2.45, 2.75) is 25.6 Å². The molecule has 6 heteroatoms. The van der Waals surface area contributed by atoms with Crippen molar-refractivity contribution in [1.29, 1.82) is 0 Å². The molecule has 3 aromatic carbocycles. The third-order valence-electron chi connectivity index (χ3n) is 5.62. The molecule has 0 bridgehead atoms. The minimum atomic E-state index is -0.711. The number of aliphatic hydroxyl groups is 1. The third-order valence-corrected chi connectivity index (χ3v) is 5.85. The molecule has 1 radical (unpaired) electrons. The number of hydrogen-bond donors (Lipinski definition) is 1. The van der Waals surface area contributed by atoms with Gasteiger partial charge in [-0.3, -0.25) is 4.90 Å². The summed E-state index contributed by atoms with van der Waals surface area (Å²) in [6, 6.07) is 21.1. The Morgan fingerprint density at radius 1 is 0.879 bits per heavy atom. The zero-order valence-corrected chi connectivity index (χ0v) is 20.3. The third kappa shape index (κ3) is 6.41. The summed E-state index contributed by atoms with van der Waals surface area (Å²) >= 11 is 6.17. The van der Waals surface area contributed by atoms with E-state index in [-0.39, 0.29) is 6.04 Å². The lowest BCUT2D eigenvalue weighted by Gasteiger charge is -2.33. The highest BCUT2D eigenvalue weighted by atomic mass is 35.5. The second-order valence-corrected chi connectivity index (χ2v) is 8.18. The number of halogens is 1. The largest absolute Gasteiger partial charge is 0.497 e. The van der Waals surface area contributed by atoms with Gasteiger partial charge in [0, 0.05) is 24.2 Å². The van der Waals surface area contributed by atoms with Crippen LogP contribution in [0, 0.1) is 6.42 Å². The van der Waals surface area contributed by atoms with E-state index < -0.39 is 6.10 Å². The van der Waals surface area contributed by atoms with E-state index in [1.165, 1.54) is 0 Å². The van der Waals surface area contributed by atoms with E-state index in [9.17, 15) is 5.11 Å². The van der Waals surface area contributed by atoms with Gasteiger partial charge in [0.05, 0.1) is 27.4 Å². The first kappa shape index (κ1) is 24.9. The summed E-state index contributed by atoms with van der Waals surface area (Å²) in [6.07, 6.45) is 1.41. The zero-order valence-electron chi connectivity index (χ0n) is 19.5. The van der Waals surface area contributed by atoms with Crippen LogP contribution in [0.5, 0.6) is 17.2 Å². The lowest BCUT2D eigenvalue weighted by molar-refractivity contribution is 0.0893. The summed E-state index contributed by atoms with van der Waals surface area (Å²) < 4.78 is 16.3. The fourth-order valence-electron chi connectivity index (χ4n) is 3.97. The van der Waals surface area contributed by atoms with Crippen LogP contribution < -0.4 is 14.2 Å². The zero-order chi connectivity index (χ0) is 23.8. The normalized spacial score (nSPS) is 12.9. The van der Waals surface area contributed by atoms with Gasteiger partial charge in [-0.1, -0.05) is 48.9 Å². The summed E-state index contributed by atoms with van der Waals surface area (Å²) in [6.45, 7) is 3.03. The first-order chi connectivity index (χ1) is 16.0. The molecule has 1 unspecified atom stereocenters. The quantitative estimate of drug-likeness (QED) is 0.381. The molecule has 0 aliphatic rings. The lowest BCUT2D eigenvalue weighted by atomic mass is 9.99. The molecule has 33 heavy (non-hydrogen) atoms. The Hall–Kier alpha value is -2.73. The summed E-state index contributed by atoms with van der Waals surface area (Å²) in [4.78, 5) is 2.22. The van der Waals surface area contributed by atoms with Gasteiger partial charge < -0.3 is 19.3 Å². The maximum absolute atomic E-state index is 11.1. The fraction of sp³-hybridized carbons (Fsp3) is 0.296. The van der Waals surface area contributed by atoms with Crippen molar-refractivity contribution in [2.24, 2.45) is 0 Å². The summed E-state index contributed by atoms with van der Waals surface area (Å²) in [5, 5.41) is 11.7. The smallest absolute Gasteiger partial charge is 0.161 e. The second-order valence-electron chi connectivity index (χ2n) is 7.74. The predicted octanol–water partition coefficient (Wildman–Crippen LogP) is 5.87. The summed E-state index contributed by atoms with van der Waals surface area (Å²) in [5.74, 6) is 2.14. The van der Waals surface area contributed by atoms with Gasteiger partial charge in [0.25, 0.3) is 0 Å². The maximum Gasteiger partial charge on any atom is 0.161 e. The van der Waals surface area contributed by atoms with Gasteiger partial charge in [0.15, 0.2) is 11.5 Å². The van der Waals surface area contributed by atoms with E-state index in [4.69, 9.17) is 25.8 Å². The molecule has 0 aliphatic carbocycles. The first-order valence-electron chi connectivity index (χ1n) is 10.8. The molecule has 0 spiro atoms. The second kappa shape index (κ2) is 11.9. The molecule has 1 N–H and O–H groups in total. The van der Waals surface area contributed by atoms with Gasteiger partial charge in [-0.25, -0.2) is 0 Å². The van der Waals surface area contributed by atoms with Crippen molar-refractivity contribution >= 4 is 11.6 Å². The Morgan fingerprint density at radius 2 is 1.64 bits per heavy atom. The van der Waals surface area contributed by atoms with Crippen molar-refractivity contribution in [1.82, 2.24) is 4.90 Å². The summed E-state index contributed by atoms with van der Waals surface area (Å²) in [7, 11) is 4.91. The van der Waals surface area contributed by atoms with Crippen LogP contribution >= 0.6 is 11.6 Å². The molecule has 0 fully saturated rings. The van der Waals surface area contributed by atoms with E-state index in [1.54, 1.807) is 33.5 Å². The average molecular weight is 469 g/mol. The van der Waals surface area contributed by atoms with Crippen molar-refractivity contribution in [3.63, 3.8) is 0 Å². The standard InChI is InChI=1S/C27H31ClNO4/c1-5-24(20-12-13-26(32-3)27(16-20)33-4)29(17-19-8-6-11-23(14-19)31-2)18-25(30)21-9-7-10-22(28)15-21/h5-16,24-25,30H,17-18H2,1-4H3/t24-,25?/m1/s1. The van der Waals surface area contributed by atoms with E-state index in [0.29, 0.717) is 29.6 Å². The molecule has 2 atom stereocenters. The predicted molar refractivity (Wildman–Crippen MR) is 132 cm³/mol. The van der Waals surface area contributed by atoms with E-state index in [1.807, 2.05) is 55.5 Å². The Kier molecular flexibility index (Phi) is 9.01. The molecule has 0 saturated carbocycles. The highest BCUT2D eigenvalue weighted by Crippen LogP contribution is 2.35. The van der Waals surface area contributed by atoms with Crippen molar-refractivity contribution in [2.75, 3.05) is 27.9 Å². The topological polar surface area (TPSA) is 51.2 Å². The Labute approximate surface area is 201 Å². The highest BCUT2D eigenvalue weighted by Gasteiger charge is 2.24. The number of methoxy groups -OCH3 is 3. The van der Waals surface area contributed by atoms with Crippen LogP contribution in [0.1, 0.15) is 35.8 Å². The molecule has 0 saturated heterocycles. The molecular weight excluding hydrogens is 438 g/mol. The number of nitrogens with zero attached hydrogens (tertiary/aromatic N) is 1. The summed E-state index contributed by atoms with van der Waals surface area (Å²) in [5.41, 5.74) is 2.90. The van der Waals surface area contributed by atoms with E-state index >= 15 is 0 Å². The van der Waals surface area contributed by atoms with Gasteiger partial charge in [0.1, 0.15) is 5.75 Å². The van der Waals surface area contributed by atoms with Gasteiger partial charge in [-0.2, -0.15) is 0 Å².